The number of halogens is 1. The summed E-state index contributed by atoms with van der Waals surface area (Å²) in [5, 5.41) is 7.55. The Kier molecular flexibility index (Phi) is 5.85. The monoisotopic (exact) mass is 309 g/mol. The molecule has 21 heavy (non-hydrogen) atoms. The van der Waals surface area contributed by atoms with Crippen LogP contribution in [0.2, 0.25) is 5.02 Å². The zero-order valence-corrected chi connectivity index (χ0v) is 13.4. The second kappa shape index (κ2) is 7.64. The summed E-state index contributed by atoms with van der Waals surface area (Å²) in [5.74, 6) is 1.67. The minimum absolute atomic E-state index is 0.212. The summed E-state index contributed by atoms with van der Waals surface area (Å²) < 4.78 is 1.31. The van der Waals surface area contributed by atoms with E-state index < -0.39 is 0 Å². The molecule has 4 nitrogen and oxygen atoms in total. The Morgan fingerprint density at radius 3 is 2.86 bits per heavy atom. The summed E-state index contributed by atoms with van der Waals surface area (Å²) in [7, 11) is 0. The molecule has 1 N–H and O–H groups in total. The van der Waals surface area contributed by atoms with Gasteiger partial charge in [0.15, 0.2) is 0 Å². The Labute approximate surface area is 131 Å². The van der Waals surface area contributed by atoms with Gasteiger partial charge in [-0.05, 0) is 18.3 Å². The van der Waals surface area contributed by atoms with Crippen LogP contribution in [0.4, 0.5) is 5.69 Å². The summed E-state index contributed by atoms with van der Waals surface area (Å²) in [6.07, 6.45) is 9.68. The molecule has 116 valence electrons. The molecule has 1 aromatic rings. The van der Waals surface area contributed by atoms with Crippen molar-refractivity contribution < 1.29 is 0 Å². The molecule has 1 aliphatic rings. The maximum atomic E-state index is 12.0. The molecule has 0 bridgehead atoms. The first kappa shape index (κ1) is 16.1. The van der Waals surface area contributed by atoms with E-state index in [1.807, 2.05) is 0 Å². The molecule has 0 atom stereocenters. The Morgan fingerprint density at radius 2 is 2.19 bits per heavy atom. The van der Waals surface area contributed by atoms with Gasteiger partial charge in [0.1, 0.15) is 5.02 Å². The average Bonchev–Trinajstić information content (AvgIpc) is 2.48. The van der Waals surface area contributed by atoms with Crippen molar-refractivity contribution in [2.45, 2.75) is 45.6 Å². The standard InChI is InChI=1S/C16H24ClN3O/c1-3-10-20-16(21)15(17)14(11-19-20)18-9-8-13-6-4-12(2)5-7-13/h3,11-13,18H,1,4-10H2,2H3. The van der Waals surface area contributed by atoms with Crippen molar-refractivity contribution >= 4 is 17.3 Å². The molecule has 0 aliphatic heterocycles. The van der Waals surface area contributed by atoms with E-state index in [4.69, 9.17) is 11.6 Å². The lowest BCUT2D eigenvalue weighted by Crippen LogP contribution is -2.24. The van der Waals surface area contributed by atoms with Gasteiger partial charge in [-0.1, -0.05) is 50.3 Å². The quantitative estimate of drug-likeness (QED) is 0.815. The molecule has 0 saturated heterocycles. The van der Waals surface area contributed by atoms with Crippen molar-refractivity contribution in [3.8, 4) is 0 Å². The summed E-state index contributed by atoms with van der Waals surface area (Å²) in [4.78, 5) is 12.0. The highest BCUT2D eigenvalue weighted by Crippen LogP contribution is 2.30. The second-order valence-corrected chi connectivity index (χ2v) is 6.37. The predicted molar refractivity (Wildman–Crippen MR) is 87.9 cm³/mol. The van der Waals surface area contributed by atoms with E-state index >= 15 is 0 Å². The smallest absolute Gasteiger partial charge is 0.287 e. The van der Waals surface area contributed by atoms with Crippen molar-refractivity contribution in [2.75, 3.05) is 11.9 Å². The Bertz CT molecular complexity index is 533. The molecule has 1 fully saturated rings. The fourth-order valence-corrected chi connectivity index (χ4v) is 3.08. The van der Waals surface area contributed by atoms with E-state index in [-0.39, 0.29) is 10.6 Å². The van der Waals surface area contributed by atoms with Crippen molar-refractivity contribution in [1.82, 2.24) is 9.78 Å². The van der Waals surface area contributed by atoms with E-state index in [0.717, 1.165) is 24.8 Å². The zero-order valence-electron chi connectivity index (χ0n) is 12.6. The summed E-state index contributed by atoms with van der Waals surface area (Å²) in [5.41, 5.74) is 0.360. The number of hydrogen-bond acceptors (Lipinski definition) is 3. The van der Waals surface area contributed by atoms with E-state index in [1.54, 1.807) is 12.3 Å². The molecule has 1 saturated carbocycles. The van der Waals surface area contributed by atoms with Gasteiger partial charge in [0.05, 0.1) is 18.4 Å². The summed E-state index contributed by atoms with van der Waals surface area (Å²) in [6, 6.07) is 0. The van der Waals surface area contributed by atoms with Crippen LogP contribution in [-0.2, 0) is 6.54 Å². The highest BCUT2D eigenvalue weighted by molar-refractivity contribution is 6.32. The van der Waals surface area contributed by atoms with Crippen LogP contribution in [0.3, 0.4) is 0 Å². The maximum Gasteiger partial charge on any atom is 0.287 e. The third kappa shape index (κ3) is 4.34. The van der Waals surface area contributed by atoms with Gasteiger partial charge in [-0.15, -0.1) is 6.58 Å². The number of nitrogens with one attached hydrogen (secondary N) is 1. The van der Waals surface area contributed by atoms with Gasteiger partial charge < -0.3 is 5.32 Å². The first-order valence-corrected chi connectivity index (χ1v) is 8.10. The average molecular weight is 310 g/mol. The van der Waals surface area contributed by atoms with Crippen molar-refractivity contribution in [2.24, 2.45) is 11.8 Å². The summed E-state index contributed by atoms with van der Waals surface area (Å²) >= 11 is 6.10. The first-order chi connectivity index (χ1) is 10.1. The Balaban J connectivity index is 1.87. The SMILES string of the molecule is C=CCn1ncc(NCCC2CCC(C)CC2)c(Cl)c1=O. The van der Waals surface area contributed by atoms with Gasteiger partial charge in [-0.2, -0.15) is 5.10 Å². The lowest BCUT2D eigenvalue weighted by Gasteiger charge is -2.26. The van der Waals surface area contributed by atoms with Crippen LogP contribution < -0.4 is 10.9 Å². The molecule has 0 aromatic carbocycles. The van der Waals surface area contributed by atoms with Crippen molar-refractivity contribution in [3.63, 3.8) is 0 Å². The molecule has 1 heterocycles. The molecular weight excluding hydrogens is 286 g/mol. The number of hydrogen-bond donors (Lipinski definition) is 1. The minimum Gasteiger partial charge on any atom is -0.382 e. The Morgan fingerprint density at radius 1 is 1.48 bits per heavy atom. The maximum absolute atomic E-state index is 12.0. The van der Waals surface area contributed by atoms with Gasteiger partial charge in [0.25, 0.3) is 5.56 Å². The molecule has 0 unspecified atom stereocenters. The number of allylic oxidation sites excluding steroid dienone is 1. The van der Waals surface area contributed by atoms with Crippen LogP contribution in [0.1, 0.15) is 39.0 Å². The van der Waals surface area contributed by atoms with Crippen molar-refractivity contribution in [1.29, 1.82) is 0 Å². The van der Waals surface area contributed by atoms with Crippen LogP contribution in [0, 0.1) is 11.8 Å². The summed E-state index contributed by atoms with van der Waals surface area (Å²) in [6.45, 7) is 7.14. The van der Waals surface area contributed by atoms with Crippen LogP contribution in [0.25, 0.3) is 0 Å². The van der Waals surface area contributed by atoms with Crippen LogP contribution >= 0.6 is 11.6 Å². The van der Waals surface area contributed by atoms with E-state index in [1.165, 1.54) is 30.4 Å². The zero-order chi connectivity index (χ0) is 15.2. The lowest BCUT2D eigenvalue weighted by molar-refractivity contribution is 0.282. The predicted octanol–water partition coefficient (Wildman–Crippen LogP) is 3.71. The first-order valence-electron chi connectivity index (χ1n) is 7.72. The largest absolute Gasteiger partial charge is 0.382 e. The van der Waals surface area contributed by atoms with E-state index in [0.29, 0.717) is 12.2 Å². The topological polar surface area (TPSA) is 46.9 Å². The number of anilines is 1. The molecular formula is C16H24ClN3O. The number of aromatic nitrogens is 2. The van der Waals surface area contributed by atoms with Gasteiger partial charge in [-0.3, -0.25) is 4.79 Å². The molecule has 1 aliphatic carbocycles. The van der Waals surface area contributed by atoms with Crippen LogP contribution in [0.15, 0.2) is 23.6 Å². The van der Waals surface area contributed by atoms with Gasteiger partial charge in [0, 0.05) is 6.54 Å². The van der Waals surface area contributed by atoms with Gasteiger partial charge >= 0.3 is 0 Å². The normalized spacial score (nSPS) is 22.0. The van der Waals surface area contributed by atoms with Gasteiger partial charge in [-0.25, -0.2) is 4.68 Å². The molecule has 1 aromatic heterocycles. The number of rotatable bonds is 6. The van der Waals surface area contributed by atoms with E-state index in [2.05, 4.69) is 23.9 Å². The Hall–Kier alpha value is -1.29. The fraction of sp³-hybridized carbons (Fsp3) is 0.625. The third-order valence-corrected chi connectivity index (χ3v) is 4.66. The molecule has 2 rings (SSSR count). The molecule has 0 spiro atoms. The molecule has 0 amide bonds. The molecule has 0 radical (unpaired) electrons. The van der Waals surface area contributed by atoms with Gasteiger partial charge in [0.2, 0.25) is 0 Å². The third-order valence-electron chi connectivity index (χ3n) is 4.29. The van der Waals surface area contributed by atoms with Crippen LogP contribution in [0.5, 0.6) is 0 Å². The van der Waals surface area contributed by atoms with Crippen molar-refractivity contribution in [3.05, 3.63) is 34.2 Å². The number of nitrogens with zero attached hydrogens (tertiary/aromatic N) is 2. The minimum atomic E-state index is -0.270. The van der Waals surface area contributed by atoms with Crippen LogP contribution in [-0.4, -0.2) is 16.3 Å². The highest BCUT2D eigenvalue weighted by atomic mass is 35.5. The second-order valence-electron chi connectivity index (χ2n) is 5.99. The highest BCUT2D eigenvalue weighted by Gasteiger charge is 2.18. The van der Waals surface area contributed by atoms with E-state index in [9.17, 15) is 4.79 Å². The lowest BCUT2D eigenvalue weighted by atomic mass is 9.81. The molecule has 5 heteroatoms. The fourth-order valence-electron chi connectivity index (χ4n) is 2.87.